The molecule has 0 aromatic heterocycles. The standard InChI is InChI=1S/C27H26N2O3/c1-18-22(20-6-3-2-4-7-20)8-5-9-25(18)29-26(30)23-11-10-19(16-24(23)27(29)31)17-28-21-12-14-32-15-13-21/h2-11,16,21,28H,12-15,17H2,1H3. The van der Waals surface area contributed by atoms with Gasteiger partial charge in [-0.3, -0.25) is 9.59 Å². The van der Waals surface area contributed by atoms with Crippen LogP contribution in [0.25, 0.3) is 11.1 Å². The number of nitrogens with one attached hydrogen (secondary N) is 1. The molecule has 2 amide bonds. The van der Waals surface area contributed by atoms with Crippen LogP contribution in [0.2, 0.25) is 0 Å². The number of fused-ring (bicyclic) bond motifs is 1. The summed E-state index contributed by atoms with van der Waals surface area (Å²) in [4.78, 5) is 27.9. The van der Waals surface area contributed by atoms with Crippen molar-refractivity contribution in [2.45, 2.75) is 32.4 Å². The third-order valence-corrected chi connectivity index (χ3v) is 6.40. The first-order chi connectivity index (χ1) is 15.6. The van der Waals surface area contributed by atoms with Crippen LogP contribution < -0.4 is 10.2 Å². The average Bonchev–Trinajstić information content (AvgIpc) is 3.08. The first-order valence-electron chi connectivity index (χ1n) is 11.1. The molecule has 5 rings (SSSR count). The summed E-state index contributed by atoms with van der Waals surface area (Å²) in [6, 6.07) is 21.8. The molecule has 0 atom stereocenters. The summed E-state index contributed by atoms with van der Waals surface area (Å²) in [6.07, 6.45) is 1.99. The maximum atomic E-state index is 13.3. The fraction of sp³-hybridized carbons (Fsp3) is 0.259. The Morgan fingerprint density at radius 3 is 2.41 bits per heavy atom. The molecule has 5 heteroatoms. The number of benzene rings is 3. The van der Waals surface area contributed by atoms with Gasteiger partial charge in [0.15, 0.2) is 0 Å². The van der Waals surface area contributed by atoms with Gasteiger partial charge >= 0.3 is 0 Å². The lowest BCUT2D eigenvalue weighted by atomic mass is 9.99. The summed E-state index contributed by atoms with van der Waals surface area (Å²) in [5, 5.41) is 3.54. The fourth-order valence-electron chi connectivity index (χ4n) is 4.58. The molecule has 0 aliphatic carbocycles. The summed E-state index contributed by atoms with van der Waals surface area (Å²) in [5.74, 6) is -0.520. The second-order valence-electron chi connectivity index (χ2n) is 8.41. The zero-order valence-corrected chi connectivity index (χ0v) is 18.1. The van der Waals surface area contributed by atoms with Gasteiger partial charge in [-0.1, -0.05) is 48.5 Å². The van der Waals surface area contributed by atoms with Crippen molar-refractivity contribution in [3.05, 3.63) is 89.0 Å². The van der Waals surface area contributed by atoms with Crippen molar-refractivity contribution in [3.8, 4) is 11.1 Å². The summed E-state index contributed by atoms with van der Waals surface area (Å²) in [7, 11) is 0. The van der Waals surface area contributed by atoms with Gasteiger partial charge in [-0.15, -0.1) is 0 Å². The van der Waals surface area contributed by atoms with E-state index in [0.29, 0.717) is 29.4 Å². The smallest absolute Gasteiger partial charge is 0.266 e. The van der Waals surface area contributed by atoms with Crippen LogP contribution in [-0.4, -0.2) is 31.1 Å². The number of rotatable bonds is 5. The van der Waals surface area contributed by atoms with Gasteiger partial charge in [-0.05, 0) is 60.2 Å². The van der Waals surface area contributed by atoms with Crippen LogP contribution in [0.1, 0.15) is 44.7 Å². The number of anilines is 1. The van der Waals surface area contributed by atoms with Crippen LogP contribution in [-0.2, 0) is 11.3 Å². The number of nitrogens with zero attached hydrogens (tertiary/aromatic N) is 1. The van der Waals surface area contributed by atoms with Gasteiger partial charge in [-0.25, -0.2) is 4.90 Å². The Hall–Kier alpha value is -3.28. The first-order valence-corrected chi connectivity index (χ1v) is 11.1. The number of carbonyl (C=O) groups excluding carboxylic acids is 2. The van der Waals surface area contributed by atoms with Crippen LogP contribution in [0.5, 0.6) is 0 Å². The van der Waals surface area contributed by atoms with Gasteiger partial charge in [-0.2, -0.15) is 0 Å². The molecule has 0 bridgehead atoms. The van der Waals surface area contributed by atoms with Gasteiger partial charge in [0.05, 0.1) is 16.8 Å². The zero-order valence-electron chi connectivity index (χ0n) is 18.1. The van der Waals surface area contributed by atoms with E-state index in [1.165, 1.54) is 4.90 Å². The summed E-state index contributed by atoms with van der Waals surface area (Å²) < 4.78 is 5.41. The summed E-state index contributed by atoms with van der Waals surface area (Å²) in [5.41, 5.74) is 5.58. The molecule has 2 heterocycles. The first kappa shape index (κ1) is 20.6. The predicted molar refractivity (Wildman–Crippen MR) is 125 cm³/mol. The monoisotopic (exact) mass is 426 g/mol. The highest BCUT2D eigenvalue weighted by molar-refractivity contribution is 6.34. The molecule has 1 N–H and O–H groups in total. The van der Waals surface area contributed by atoms with Crippen LogP contribution in [0.4, 0.5) is 5.69 Å². The Balaban J connectivity index is 1.42. The van der Waals surface area contributed by atoms with Crippen molar-refractivity contribution in [2.24, 2.45) is 0 Å². The lowest BCUT2D eigenvalue weighted by Crippen LogP contribution is -2.34. The van der Waals surface area contributed by atoms with E-state index >= 15 is 0 Å². The van der Waals surface area contributed by atoms with Gasteiger partial charge in [0.2, 0.25) is 0 Å². The molecule has 32 heavy (non-hydrogen) atoms. The molecule has 162 valence electrons. The minimum absolute atomic E-state index is 0.258. The molecule has 3 aromatic carbocycles. The highest BCUT2D eigenvalue weighted by Gasteiger charge is 2.37. The zero-order chi connectivity index (χ0) is 22.1. The number of amides is 2. The summed E-state index contributed by atoms with van der Waals surface area (Å²) >= 11 is 0. The molecule has 0 spiro atoms. The molecule has 1 saturated heterocycles. The van der Waals surface area contributed by atoms with Crippen LogP contribution >= 0.6 is 0 Å². The number of ether oxygens (including phenoxy) is 1. The van der Waals surface area contributed by atoms with Gasteiger partial charge in [0.25, 0.3) is 11.8 Å². The average molecular weight is 427 g/mol. The Bertz CT molecular complexity index is 1170. The van der Waals surface area contributed by atoms with Gasteiger partial charge < -0.3 is 10.1 Å². The molecule has 2 aliphatic rings. The van der Waals surface area contributed by atoms with E-state index in [1.54, 1.807) is 6.07 Å². The van der Waals surface area contributed by atoms with E-state index in [-0.39, 0.29) is 11.8 Å². The predicted octanol–water partition coefficient (Wildman–Crippen LogP) is 4.73. The molecule has 0 unspecified atom stereocenters. The number of carbonyl (C=O) groups is 2. The van der Waals surface area contributed by atoms with E-state index in [9.17, 15) is 9.59 Å². The minimum atomic E-state index is -0.262. The lowest BCUT2D eigenvalue weighted by Gasteiger charge is -2.23. The molecule has 5 nitrogen and oxygen atoms in total. The molecule has 1 fully saturated rings. The number of hydrogen-bond acceptors (Lipinski definition) is 4. The third kappa shape index (κ3) is 3.74. The van der Waals surface area contributed by atoms with E-state index in [4.69, 9.17) is 4.74 Å². The maximum Gasteiger partial charge on any atom is 0.266 e. The second kappa shape index (κ2) is 8.69. The quantitative estimate of drug-likeness (QED) is 0.599. The lowest BCUT2D eigenvalue weighted by molar-refractivity contribution is 0.0776. The van der Waals surface area contributed by atoms with E-state index < -0.39 is 0 Å². The largest absolute Gasteiger partial charge is 0.381 e. The molecular weight excluding hydrogens is 400 g/mol. The topological polar surface area (TPSA) is 58.6 Å². The van der Waals surface area contributed by atoms with Crippen molar-refractivity contribution in [1.82, 2.24) is 5.32 Å². The number of imide groups is 1. The van der Waals surface area contributed by atoms with E-state index in [2.05, 4.69) is 5.32 Å². The van der Waals surface area contributed by atoms with Crippen molar-refractivity contribution in [1.29, 1.82) is 0 Å². The summed E-state index contributed by atoms with van der Waals surface area (Å²) in [6.45, 7) is 4.20. The molecule has 3 aromatic rings. The minimum Gasteiger partial charge on any atom is -0.381 e. The van der Waals surface area contributed by atoms with E-state index in [1.807, 2.05) is 67.6 Å². The van der Waals surface area contributed by atoms with E-state index in [0.717, 1.165) is 48.3 Å². The van der Waals surface area contributed by atoms with Crippen LogP contribution in [0, 0.1) is 6.92 Å². The van der Waals surface area contributed by atoms with Gasteiger partial charge in [0, 0.05) is 25.8 Å². The van der Waals surface area contributed by atoms with Crippen molar-refractivity contribution >= 4 is 17.5 Å². The van der Waals surface area contributed by atoms with Crippen molar-refractivity contribution < 1.29 is 14.3 Å². The normalized spacial score (nSPS) is 16.5. The van der Waals surface area contributed by atoms with Crippen LogP contribution in [0.3, 0.4) is 0 Å². The highest BCUT2D eigenvalue weighted by atomic mass is 16.5. The second-order valence-corrected chi connectivity index (χ2v) is 8.41. The Morgan fingerprint density at radius 2 is 1.62 bits per heavy atom. The molecule has 2 aliphatic heterocycles. The fourth-order valence-corrected chi connectivity index (χ4v) is 4.58. The van der Waals surface area contributed by atoms with Gasteiger partial charge in [0.1, 0.15) is 0 Å². The Morgan fingerprint density at radius 1 is 0.875 bits per heavy atom. The Labute approximate surface area is 188 Å². The highest BCUT2D eigenvalue weighted by Crippen LogP contribution is 2.35. The van der Waals surface area contributed by atoms with Crippen molar-refractivity contribution in [2.75, 3.05) is 18.1 Å². The SMILES string of the molecule is Cc1c(-c2ccccc2)cccc1N1C(=O)c2ccc(CNC3CCOCC3)cc2C1=O. The van der Waals surface area contributed by atoms with Crippen LogP contribution in [0.15, 0.2) is 66.7 Å². The third-order valence-electron chi connectivity index (χ3n) is 6.40. The van der Waals surface area contributed by atoms with Crippen molar-refractivity contribution in [3.63, 3.8) is 0 Å². The molecule has 0 radical (unpaired) electrons. The maximum absolute atomic E-state index is 13.3. The molecule has 0 saturated carbocycles. The Kier molecular flexibility index (Phi) is 5.60. The number of hydrogen-bond donors (Lipinski definition) is 1. The molecular formula is C27H26N2O3.